The number of nitro groups is 1. The number of carbonyl (C=O) groups excluding carboxylic acids is 1. The van der Waals surface area contributed by atoms with Crippen molar-refractivity contribution in [1.29, 1.82) is 0 Å². The third-order valence-electron chi connectivity index (χ3n) is 1.84. The van der Waals surface area contributed by atoms with E-state index in [0.29, 0.717) is 5.56 Å². The summed E-state index contributed by atoms with van der Waals surface area (Å²) in [7, 11) is 0. The molecule has 5 nitrogen and oxygen atoms in total. The zero-order valence-electron chi connectivity index (χ0n) is 7.77. The highest BCUT2D eigenvalue weighted by atomic mass is 35.5. The van der Waals surface area contributed by atoms with Crippen molar-refractivity contribution in [2.75, 3.05) is 6.54 Å². The van der Waals surface area contributed by atoms with Gasteiger partial charge in [-0.1, -0.05) is 11.6 Å². The van der Waals surface area contributed by atoms with Gasteiger partial charge in [-0.3, -0.25) is 14.9 Å². The Labute approximate surface area is 91.0 Å². The summed E-state index contributed by atoms with van der Waals surface area (Å²) < 4.78 is 0. The maximum Gasteiger partial charge on any atom is 0.287 e. The Morgan fingerprint density at radius 1 is 1.53 bits per heavy atom. The fraction of sp³-hybridized carbons (Fsp3) is 0.222. The summed E-state index contributed by atoms with van der Waals surface area (Å²) in [6.45, 7) is 0.243. The Morgan fingerprint density at radius 3 is 2.67 bits per heavy atom. The highest BCUT2D eigenvalue weighted by Gasteiger charge is 2.14. The maximum atomic E-state index is 11.4. The monoisotopic (exact) mass is 228 g/mol. The molecule has 0 atom stereocenters. The van der Waals surface area contributed by atoms with Crippen molar-refractivity contribution in [1.82, 2.24) is 0 Å². The van der Waals surface area contributed by atoms with Crippen LogP contribution in [-0.4, -0.2) is 17.3 Å². The van der Waals surface area contributed by atoms with E-state index < -0.39 is 4.92 Å². The smallest absolute Gasteiger partial charge is 0.287 e. The van der Waals surface area contributed by atoms with Crippen LogP contribution in [0.5, 0.6) is 0 Å². The lowest BCUT2D eigenvalue weighted by atomic mass is 10.1. The Morgan fingerprint density at radius 2 is 2.20 bits per heavy atom. The third kappa shape index (κ3) is 2.74. The molecule has 2 N–H and O–H groups in total. The fourth-order valence-corrected chi connectivity index (χ4v) is 1.35. The molecule has 15 heavy (non-hydrogen) atoms. The van der Waals surface area contributed by atoms with Gasteiger partial charge in [-0.05, 0) is 18.7 Å². The maximum absolute atomic E-state index is 11.4. The summed E-state index contributed by atoms with van der Waals surface area (Å²) in [5, 5.41) is 10.4. The van der Waals surface area contributed by atoms with Gasteiger partial charge in [-0.15, -0.1) is 0 Å². The minimum Gasteiger partial charge on any atom is -0.330 e. The van der Waals surface area contributed by atoms with E-state index in [0.717, 1.165) is 0 Å². The summed E-state index contributed by atoms with van der Waals surface area (Å²) in [5.74, 6) is -0.172. The number of rotatable bonds is 4. The van der Waals surface area contributed by atoms with Crippen LogP contribution in [0, 0.1) is 10.1 Å². The first-order chi connectivity index (χ1) is 7.06. The van der Waals surface area contributed by atoms with Crippen LogP contribution in [0.1, 0.15) is 16.8 Å². The van der Waals surface area contributed by atoms with Gasteiger partial charge in [0.1, 0.15) is 5.02 Å². The van der Waals surface area contributed by atoms with Gasteiger partial charge in [0.05, 0.1) is 4.92 Å². The zero-order valence-corrected chi connectivity index (χ0v) is 8.53. The number of hydrogen-bond acceptors (Lipinski definition) is 4. The van der Waals surface area contributed by atoms with Crippen LogP contribution in [0.25, 0.3) is 0 Å². The second kappa shape index (κ2) is 4.86. The molecule has 6 heteroatoms. The molecule has 1 aromatic rings. The minimum atomic E-state index is -0.598. The predicted octanol–water partition coefficient (Wildman–Crippen LogP) is 1.78. The molecule has 1 rings (SSSR count). The Balaban J connectivity index is 3.01. The van der Waals surface area contributed by atoms with Crippen molar-refractivity contribution >= 4 is 23.1 Å². The molecule has 0 fully saturated rings. The highest BCUT2D eigenvalue weighted by Crippen LogP contribution is 2.25. The molecule has 1 aromatic carbocycles. The molecule has 0 aliphatic carbocycles. The van der Waals surface area contributed by atoms with Gasteiger partial charge in [0.25, 0.3) is 5.69 Å². The summed E-state index contributed by atoms with van der Waals surface area (Å²) in [4.78, 5) is 21.2. The minimum absolute atomic E-state index is 0.0390. The summed E-state index contributed by atoms with van der Waals surface area (Å²) in [6.07, 6.45) is 0.203. The van der Waals surface area contributed by atoms with E-state index in [4.69, 9.17) is 17.3 Å². The molecular weight excluding hydrogens is 220 g/mol. The Hall–Kier alpha value is -1.46. The van der Waals surface area contributed by atoms with Crippen molar-refractivity contribution in [3.05, 3.63) is 38.9 Å². The van der Waals surface area contributed by atoms with Crippen LogP contribution in [0.3, 0.4) is 0 Å². The largest absolute Gasteiger partial charge is 0.330 e. The van der Waals surface area contributed by atoms with Crippen LogP contribution in [0.4, 0.5) is 5.69 Å². The van der Waals surface area contributed by atoms with E-state index in [1.165, 1.54) is 18.2 Å². The van der Waals surface area contributed by atoms with Crippen molar-refractivity contribution in [3.8, 4) is 0 Å². The van der Waals surface area contributed by atoms with Gasteiger partial charge < -0.3 is 5.73 Å². The number of carbonyl (C=O) groups is 1. The Bertz CT molecular complexity index is 406. The molecule has 0 saturated heterocycles. The van der Waals surface area contributed by atoms with Crippen molar-refractivity contribution < 1.29 is 9.72 Å². The molecule has 0 heterocycles. The van der Waals surface area contributed by atoms with Crippen molar-refractivity contribution in [2.45, 2.75) is 6.42 Å². The van der Waals surface area contributed by atoms with E-state index in [1.807, 2.05) is 0 Å². The first-order valence-electron chi connectivity index (χ1n) is 4.23. The predicted molar refractivity (Wildman–Crippen MR) is 56.1 cm³/mol. The lowest BCUT2D eigenvalue weighted by Crippen LogP contribution is -2.08. The molecule has 0 saturated carbocycles. The molecule has 0 bridgehead atoms. The second-order valence-electron chi connectivity index (χ2n) is 2.89. The highest BCUT2D eigenvalue weighted by molar-refractivity contribution is 6.33. The normalized spacial score (nSPS) is 10.0. The average molecular weight is 229 g/mol. The van der Waals surface area contributed by atoms with Gasteiger partial charge >= 0.3 is 0 Å². The summed E-state index contributed by atoms with van der Waals surface area (Å²) in [5.41, 5.74) is 5.36. The molecule has 0 amide bonds. The number of nitrogens with zero attached hydrogens (tertiary/aromatic N) is 1. The molecule has 80 valence electrons. The number of halogens is 1. The van der Waals surface area contributed by atoms with E-state index >= 15 is 0 Å². The lowest BCUT2D eigenvalue weighted by Gasteiger charge is -2.00. The van der Waals surface area contributed by atoms with E-state index in [1.54, 1.807) is 0 Å². The van der Waals surface area contributed by atoms with Crippen molar-refractivity contribution in [3.63, 3.8) is 0 Å². The quantitative estimate of drug-likeness (QED) is 0.483. The Kier molecular flexibility index (Phi) is 3.76. The molecule has 0 aliphatic rings. The molecule has 0 unspecified atom stereocenters. The average Bonchev–Trinajstić information content (AvgIpc) is 2.17. The first-order valence-corrected chi connectivity index (χ1v) is 4.61. The fourth-order valence-electron chi connectivity index (χ4n) is 1.10. The zero-order chi connectivity index (χ0) is 11.4. The lowest BCUT2D eigenvalue weighted by molar-refractivity contribution is -0.384. The summed E-state index contributed by atoms with van der Waals surface area (Å²) in [6, 6.07) is 3.88. The second-order valence-corrected chi connectivity index (χ2v) is 3.29. The number of benzene rings is 1. The number of hydrogen-bond donors (Lipinski definition) is 1. The van der Waals surface area contributed by atoms with Crippen LogP contribution in [-0.2, 0) is 0 Å². The number of nitrogens with two attached hydrogens (primary N) is 1. The van der Waals surface area contributed by atoms with E-state index in [9.17, 15) is 14.9 Å². The van der Waals surface area contributed by atoms with Gasteiger partial charge in [0, 0.05) is 18.1 Å². The van der Waals surface area contributed by atoms with E-state index in [-0.39, 0.29) is 29.5 Å². The molecule has 0 aromatic heterocycles. The third-order valence-corrected chi connectivity index (χ3v) is 2.14. The number of Topliss-reactive ketones (excluding diaryl/α,β-unsaturated/α-hetero) is 1. The van der Waals surface area contributed by atoms with Crippen LogP contribution in [0.2, 0.25) is 5.02 Å². The molecule has 0 radical (unpaired) electrons. The molecular formula is C9H9ClN2O3. The van der Waals surface area contributed by atoms with Gasteiger partial charge in [-0.2, -0.15) is 0 Å². The van der Waals surface area contributed by atoms with Crippen LogP contribution >= 0.6 is 11.6 Å². The topological polar surface area (TPSA) is 86.2 Å². The number of ketones is 1. The molecule has 0 aliphatic heterocycles. The van der Waals surface area contributed by atoms with Crippen molar-refractivity contribution in [2.24, 2.45) is 5.73 Å². The summed E-state index contributed by atoms with van der Waals surface area (Å²) >= 11 is 5.64. The van der Waals surface area contributed by atoms with Crippen LogP contribution < -0.4 is 5.73 Å². The van der Waals surface area contributed by atoms with Gasteiger partial charge in [-0.25, -0.2) is 0 Å². The van der Waals surface area contributed by atoms with Gasteiger partial charge in [0.15, 0.2) is 5.78 Å². The standard InChI is InChI=1S/C9H9ClN2O3/c10-7-5-6(9(13)3-4-11)1-2-8(7)12(14)15/h1-2,5H,3-4,11H2. The first kappa shape index (κ1) is 11.6. The van der Waals surface area contributed by atoms with E-state index in [2.05, 4.69) is 0 Å². The van der Waals surface area contributed by atoms with Crippen LogP contribution in [0.15, 0.2) is 18.2 Å². The van der Waals surface area contributed by atoms with Gasteiger partial charge in [0.2, 0.25) is 0 Å². The molecule has 0 spiro atoms. The number of nitro benzene ring substituents is 1. The SMILES string of the molecule is NCCC(=O)c1ccc([N+](=O)[O-])c(Cl)c1.